The van der Waals surface area contributed by atoms with Crippen molar-refractivity contribution in [3.8, 4) is 6.07 Å². The molecule has 7 heteroatoms. The summed E-state index contributed by atoms with van der Waals surface area (Å²) in [6.45, 7) is 0.400. The average molecular weight is 295 g/mol. The van der Waals surface area contributed by atoms with Crippen LogP contribution in [0.15, 0.2) is 35.3 Å². The molecule has 21 heavy (non-hydrogen) atoms. The molecule has 0 radical (unpaired) electrons. The Morgan fingerprint density at radius 3 is 2.90 bits per heavy atom. The van der Waals surface area contributed by atoms with E-state index in [9.17, 15) is 18.0 Å². The minimum absolute atomic E-state index is 0.00760. The highest BCUT2D eigenvalue weighted by Gasteiger charge is 2.25. The van der Waals surface area contributed by atoms with Crippen molar-refractivity contribution in [1.29, 1.82) is 5.26 Å². The smallest absolute Gasteiger partial charge is 0.366 e. The number of halogens is 3. The minimum Gasteiger partial charge on any atom is -0.366 e. The number of allylic oxidation sites excluding steroid dienone is 3. The van der Waals surface area contributed by atoms with Crippen molar-refractivity contribution >= 4 is 11.5 Å². The average Bonchev–Trinajstić information content (AvgIpc) is 2.42. The maximum absolute atomic E-state index is 12.1. The first-order chi connectivity index (χ1) is 9.92. The predicted octanol–water partition coefficient (Wildman–Crippen LogP) is 2.89. The van der Waals surface area contributed by atoms with Gasteiger partial charge in [0, 0.05) is 30.9 Å². The Balaban J connectivity index is 2.22. The van der Waals surface area contributed by atoms with Crippen LogP contribution in [-0.2, 0) is 0 Å². The van der Waals surface area contributed by atoms with Gasteiger partial charge in [-0.3, -0.25) is 4.79 Å². The summed E-state index contributed by atoms with van der Waals surface area (Å²) in [5.74, 6) is 0.364. The number of anilines is 1. The zero-order chi connectivity index (χ0) is 15.5. The first kappa shape index (κ1) is 14.9. The number of hydrogen-bond acceptors (Lipinski definition) is 3. The van der Waals surface area contributed by atoms with Crippen LogP contribution in [0, 0.1) is 11.3 Å². The quantitative estimate of drug-likeness (QED) is 0.932. The van der Waals surface area contributed by atoms with Gasteiger partial charge in [-0.25, -0.2) is 0 Å². The standard InChI is InChI=1S/C14H12F3N3O/c15-14(16,17)6-2-1-3-10-4-7-19-13-11(9-18)12(21)5-8-20(10)13/h1,3-5,8,19H,2,6-7H2/b3-1+. The Morgan fingerprint density at radius 1 is 1.48 bits per heavy atom. The van der Waals surface area contributed by atoms with Crippen LogP contribution in [0.25, 0.3) is 5.70 Å². The van der Waals surface area contributed by atoms with Crippen LogP contribution >= 0.6 is 0 Å². The van der Waals surface area contributed by atoms with E-state index in [0.29, 0.717) is 18.1 Å². The highest BCUT2D eigenvalue weighted by molar-refractivity contribution is 5.69. The fraction of sp³-hybridized carbons (Fsp3) is 0.286. The Hall–Kier alpha value is -2.49. The Morgan fingerprint density at radius 2 is 2.24 bits per heavy atom. The number of aromatic nitrogens is 1. The predicted molar refractivity (Wildman–Crippen MR) is 72.6 cm³/mol. The third kappa shape index (κ3) is 3.54. The molecule has 1 aromatic rings. The van der Waals surface area contributed by atoms with Gasteiger partial charge in [-0.1, -0.05) is 6.08 Å². The molecule has 1 N–H and O–H groups in total. The number of nitrogens with zero attached hydrogens (tertiary/aromatic N) is 2. The molecule has 2 rings (SSSR count). The summed E-state index contributed by atoms with van der Waals surface area (Å²) in [5, 5.41) is 11.9. The van der Waals surface area contributed by atoms with Crippen molar-refractivity contribution in [2.45, 2.75) is 19.0 Å². The number of pyridine rings is 1. The maximum atomic E-state index is 12.1. The van der Waals surface area contributed by atoms with Crippen LogP contribution in [0.5, 0.6) is 0 Å². The van der Waals surface area contributed by atoms with Gasteiger partial charge in [-0.05, 0) is 18.6 Å². The van der Waals surface area contributed by atoms with Crippen molar-refractivity contribution in [1.82, 2.24) is 4.57 Å². The summed E-state index contributed by atoms with van der Waals surface area (Å²) in [7, 11) is 0. The normalized spacial score (nSPS) is 14.3. The molecule has 110 valence electrons. The van der Waals surface area contributed by atoms with E-state index in [4.69, 9.17) is 5.26 Å². The molecule has 1 aliphatic heterocycles. The van der Waals surface area contributed by atoms with Crippen molar-refractivity contribution in [2.24, 2.45) is 0 Å². The largest absolute Gasteiger partial charge is 0.389 e. The number of fused-ring (bicyclic) bond motifs is 1. The molecule has 1 aromatic heterocycles. The third-order valence-electron chi connectivity index (χ3n) is 2.95. The van der Waals surface area contributed by atoms with Gasteiger partial charge >= 0.3 is 6.18 Å². The van der Waals surface area contributed by atoms with Crippen LogP contribution in [0.1, 0.15) is 18.4 Å². The third-order valence-corrected chi connectivity index (χ3v) is 2.95. The van der Waals surface area contributed by atoms with Crippen LogP contribution < -0.4 is 10.7 Å². The van der Waals surface area contributed by atoms with Crippen molar-refractivity contribution < 1.29 is 13.2 Å². The highest BCUT2D eigenvalue weighted by Crippen LogP contribution is 2.24. The SMILES string of the molecule is N#Cc1c2n(ccc1=O)C(/C=C/CCC(F)(F)F)=CCN2. The molecule has 2 heterocycles. The number of alkyl halides is 3. The van der Waals surface area contributed by atoms with Gasteiger partial charge in [-0.2, -0.15) is 18.4 Å². The lowest BCUT2D eigenvalue weighted by atomic mass is 10.2. The van der Waals surface area contributed by atoms with E-state index in [1.807, 2.05) is 6.07 Å². The van der Waals surface area contributed by atoms with E-state index in [0.717, 1.165) is 0 Å². The van der Waals surface area contributed by atoms with Gasteiger partial charge in [0.25, 0.3) is 0 Å². The lowest BCUT2D eigenvalue weighted by molar-refractivity contribution is -0.133. The molecule has 0 fully saturated rings. The van der Waals surface area contributed by atoms with Crippen LogP contribution in [0.2, 0.25) is 0 Å². The summed E-state index contributed by atoms with van der Waals surface area (Å²) < 4.78 is 37.8. The van der Waals surface area contributed by atoms with Crippen LogP contribution in [0.4, 0.5) is 19.0 Å². The molecule has 0 saturated heterocycles. The summed E-state index contributed by atoms with van der Waals surface area (Å²) in [6, 6.07) is 3.09. The molecule has 0 aliphatic carbocycles. The molecule has 0 unspecified atom stereocenters. The molecule has 0 bridgehead atoms. The minimum atomic E-state index is -4.18. The van der Waals surface area contributed by atoms with Crippen LogP contribution in [0.3, 0.4) is 0 Å². The zero-order valence-electron chi connectivity index (χ0n) is 10.9. The van der Waals surface area contributed by atoms with Gasteiger partial charge in [0.05, 0.1) is 0 Å². The van der Waals surface area contributed by atoms with Gasteiger partial charge in [-0.15, -0.1) is 0 Å². The molecule has 4 nitrogen and oxygen atoms in total. The molecule has 0 saturated carbocycles. The molecular weight excluding hydrogens is 283 g/mol. The number of nitriles is 1. The fourth-order valence-corrected chi connectivity index (χ4v) is 1.98. The monoisotopic (exact) mass is 295 g/mol. The second-order valence-corrected chi connectivity index (χ2v) is 4.45. The van der Waals surface area contributed by atoms with E-state index in [-0.39, 0.29) is 12.0 Å². The molecule has 0 atom stereocenters. The first-order valence-corrected chi connectivity index (χ1v) is 6.26. The van der Waals surface area contributed by atoms with E-state index in [2.05, 4.69) is 5.32 Å². The Kier molecular flexibility index (Phi) is 4.17. The summed E-state index contributed by atoms with van der Waals surface area (Å²) >= 11 is 0. The Bertz CT molecular complexity index is 693. The molecule has 0 amide bonds. The zero-order valence-corrected chi connectivity index (χ0v) is 10.9. The number of rotatable bonds is 3. The van der Waals surface area contributed by atoms with Crippen molar-refractivity contribution in [3.63, 3.8) is 0 Å². The van der Waals surface area contributed by atoms with Crippen molar-refractivity contribution in [3.05, 3.63) is 46.3 Å². The summed E-state index contributed by atoms with van der Waals surface area (Å²) in [5.41, 5.74) is 0.229. The first-order valence-electron chi connectivity index (χ1n) is 6.26. The van der Waals surface area contributed by atoms with Gasteiger partial charge in [0.2, 0.25) is 5.43 Å². The number of hydrogen-bond donors (Lipinski definition) is 1. The van der Waals surface area contributed by atoms with Crippen molar-refractivity contribution in [2.75, 3.05) is 11.9 Å². The van der Waals surface area contributed by atoms with Gasteiger partial charge in [0.1, 0.15) is 17.5 Å². The lowest BCUT2D eigenvalue weighted by Gasteiger charge is -2.21. The topological polar surface area (TPSA) is 57.8 Å². The van der Waals surface area contributed by atoms with E-state index in [1.54, 1.807) is 16.7 Å². The summed E-state index contributed by atoms with van der Waals surface area (Å²) in [4.78, 5) is 11.6. The molecule has 1 aliphatic rings. The molecule has 0 spiro atoms. The fourth-order valence-electron chi connectivity index (χ4n) is 1.98. The van der Waals surface area contributed by atoms with Gasteiger partial charge in [0.15, 0.2) is 0 Å². The second kappa shape index (κ2) is 5.87. The van der Waals surface area contributed by atoms with E-state index < -0.39 is 18.0 Å². The molecular formula is C14H12F3N3O. The maximum Gasteiger partial charge on any atom is 0.389 e. The summed E-state index contributed by atoms with van der Waals surface area (Å²) in [6.07, 6.45) is 1.07. The number of nitrogens with one attached hydrogen (secondary N) is 1. The van der Waals surface area contributed by atoms with Crippen LogP contribution in [-0.4, -0.2) is 17.3 Å². The highest BCUT2D eigenvalue weighted by atomic mass is 19.4. The Labute approximate surface area is 118 Å². The molecule has 0 aromatic carbocycles. The second-order valence-electron chi connectivity index (χ2n) is 4.45. The van der Waals surface area contributed by atoms with E-state index >= 15 is 0 Å². The van der Waals surface area contributed by atoms with Gasteiger partial charge < -0.3 is 9.88 Å². The van der Waals surface area contributed by atoms with E-state index in [1.165, 1.54) is 18.3 Å². The lowest BCUT2D eigenvalue weighted by Crippen LogP contribution is -2.20.